The molecule has 112 valence electrons. The molecule has 0 spiro atoms. The summed E-state index contributed by atoms with van der Waals surface area (Å²) in [4.78, 5) is 12.8. The number of carbonyl (C=O) groups excluding carboxylic acids is 1. The molecule has 2 N–H and O–H groups in total. The number of rotatable bonds is 3. The van der Waals surface area contributed by atoms with Crippen LogP contribution in [0.25, 0.3) is 6.08 Å². The van der Waals surface area contributed by atoms with E-state index in [1.54, 1.807) is 12.1 Å². The summed E-state index contributed by atoms with van der Waals surface area (Å²) in [5.74, 6) is 0.197. The molecule has 0 unspecified atom stereocenters. The van der Waals surface area contributed by atoms with Gasteiger partial charge in [0.2, 0.25) is 5.91 Å². The molecule has 0 radical (unpaired) electrons. The van der Waals surface area contributed by atoms with E-state index >= 15 is 0 Å². The van der Waals surface area contributed by atoms with Gasteiger partial charge in [0.1, 0.15) is 16.8 Å². The van der Waals surface area contributed by atoms with Crippen molar-refractivity contribution in [3.8, 4) is 6.07 Å². The molecule has 0 aliphatic rings. The number of anilines is 1. The average Bonchev–Trinajstić information content (AvgIpc) is 3.06. The summed E-state index contributed by atoms with van der Waals surface area (Å²) < 4.78 is 5.08. The Bertz CT molecular complexity index is 768. The van der Waals surface area contributed by atoms with Crippen molar-refractivity contribution in [1.29, 1.82) is 5.26 Å². The number of aryl methyl sites for hydroxylation is 1. The van der Waals surface area contributed by atoms with Crippen molar-refractivity contribution in [3.05, 3.63) is 46.2 Å². The SMILES string of the molecule is Cc1sc(NC(=S)NC(=O)/C=C/c2ccco2)c(C#N)c1C. The lowest BCUT2D eigenvalue weighted by Gasteiger charge is -2.06. The number of nitriles is 1. The lowest BCUT2D eigenvalue weighted by molar-refractivity contribution is -0.115. The zero-order chi connectivity index (χ0) is 16.1. The van der Waals surface area contributed by atoms with E-state index in [2.05, 4.69) is 16.7 Å². The molecule has 0 aliphatic heterocycles. The van der Waals surface area contributed by atoms with E-state index in [1.807, 2.05) is 13.8 Å². The maximum absolute atomic E-state index is 11.7. The standard InChI is InChI=1S/C15H13N3O2S2/c1-9-10(2)22-14(12(9)8-16)18-15(21)17-13(19)6-5-11-4-3-7-20-11/h3-7H,1-2H3,(H2,17,18,19,21)/b6-5+. The van der Waals surface area contributed by atoms with E-state index in [9.17, 15) is 4.79 Å². The van der Waals surface area contributed by atoms with Gasteiger partial charge in [-0.3, -0.25) is 10.1 Å². The van der Waals surface area contributed by atoms with Crippen molar-refractivity contribution in [2.75, 3.05) is 5.32 Å². The Balaban J connectivity index is 1.97. The van der Waals surface area contributed by atoms with Crippen LogP contribution in [0, 0.1) is 25.2 Å². The number of hydrogen-bond acceptors (Lipinski definition) is 5. The van der Waals surface area contributed by atoms with E-state index < -0.39 is 0 Å². The molecule has 0 bridgehead atoms. The third-order valence-corrected chi connectivity index (χ3v) is 4.23. The number of thiocarbonyl (C=S) groups is 1. The highest BCUT2D eigenvalue weighted by atomic mass is 32.1. The van der Waals surface area contributed by atoms with Crippen LogP contribution in [0.2, 0.25) is 0 Å². The topological polar surface area (TPSA) is 78.1 Å². The Morgan fingerprint density at radius 3 is 2.91 bits per heavy atom. The predicted molar refractivity (Wildman–Crippen MR) is 90.6 cm³/mol. The van der Waals surface area contributed by atoms with Gasteiger partial charge in [0.15, 0.2) is 5.11 Å². The number of furan rings is 1. The first-order valence-corrected chi connectivity index (χ1v) is 7.57. The smallest absolute Gasteiger partial charge is 0.250 e. The van der Waals surface area contributed by atoms with Gasteiger partial charge in [-0.2, -0.15) is 5.26 Å². The zero-order valence-electron chi connectivity index (χ0n) is 12.0. The summed E-state index contributed by atoms with van der Waals surface area (Å²) in [6.07, 6.45) is 4.38. The van der Waals surface area contributed by atoms with Crippen molar-refractivity contribution in [2.24, 2.45) is 0 Å². The monoisotopic (exact) mass is 331 g/mol. The van der Waals surface area contributed by atoms with E-state index in [-0.39, 0.29) is 11.0 Å². The van der Waals surface area contributed by atoms with Crippen LogP contribution in [-0.2, 0) is 4.79 Å². The van der Waals surface area contributed by atoms with Crippen molar-refractivity contribution >= 4 is 45.7 Å². The second-order valence-electron chi connectivity index (χ2n) is 4.39. The summed E-state index contributed by atoms with van der Waals surface area (Å²) in [5.41, 5.74) is 1.46. The van der Waals surface area contributed by atoms with Crippen molar-refractivity contribution in [3.63, 3.8) is 0 Å². The maximum atomic E-state index is 11.7. The number of thiophene rings is 1. The molecule has 0 atom stereocenters. The number of amides is 1. The Labute approximate surface area is 137 Å². The Kier molecular flexibility index (Phi) is 5.09. The summed E-state index contributed by atoms with van der Waals surface area (Å²) in [5, 5.41) is 15.4. The fourth-order valence-electron chi connectivity index (χ4n) is 1.68. The molecule has 7 heteroatoms. The van der Waals surface area contributed by atoms with Gasteiger partial charge >= 0.3 is 0 Å². The van der Waals surface area contributed by atoms with Gasteiger partial charge in [-0.25, -0.2) is 0 Å². The van der Waals surface area contributed by atoms with Crippen LogP contribution in [0.3, 0.4) is 0 Å². The van der Waals surface area contributed by atoms with E-state index in [1.165, 1.54) is 29.8 Å². The molecule has 0 saturated heterocycles. The summed E-state index contributed by atoms with van der Waals surface area (Å²) in [6, 6.07) is 5.60. The predicted octanol–water partition coefficient (Wildman–Crippen LogP) is 3.36. The molecule has 0 saturated carbocycles. The molecule has 1 amide bonds. The molecular formula is C15H13N3O2S2. The molecule has 0 fully saturated rings. The highest BCUT2D eigenvalue weighted by Gasteiger charge is 2.13. The highest BCUT2D eigenvalue weighted by Crippen LogP contribution is 2.31. The molecule has 2 rings (SSSR count). The van der Waals surface area contributed by atoms with Crippen LogP contribution in [0.1, 0.15) is 21.8 Å². The van der Waals surface area contributed by atoms with Crippen LogP contribution in [0.15, 0.2) is 28.9 Å². The largest absolute Gasteiger partial charge is 0.465 e. The summed E-state index contributed by atoms with van der Waals surface area (Å²) >= 11 is 6.51. The van der Waals surface area contributed by atoms with Gasteiger partial charge in [-0.15, -0.1) is 11.3 Å². The Morgan fingerprint density at radius 1 is 1.50 bits per heavy atom. The fourth-order valence-corrected chi connectivity index (χ4v) is 2.96. The van der Waals surface area contributed by atoms with E-state index in [0.717, 1.165) is 10.4 Å². The average molecular weight is 331 g/mol. The molecule has 0 aliphatic carbocycles. The Hall–Kier alpha value is -2.43. The van der Waals surface area contributed by atoms with Gasteiger partial charge in [0.25, 0.3) is 0 Å². The quantitative estimate of drug-likeness (QED) is 0.666. The highest BCUT2D eigenvalue weighted by molar-refractivity contribution is 7.80. The fraction of sp³-hybridized carbons (Fsp3) is 0.133. The second-order valence-corrected chi connectivity index (χ2v) is 6.02. The molecule has 22 heavy (non-hydrogen) atoms. The van der Waals surface area contributed by atoms with Crippen LogP contribution in [-0.4, -0.2) is 11.0 Å². The van der Waals surface area contributed by atoms with Gasteiger partial charge in [-0.1, -0.05) is 0 Å². The molecule has 2 heterocycles. The minimum absolute atomic E-state index is 0.145. The molecule has 2 aromatic heterocycles. The maximum Gasteiger partial charge on any atom is 0.250 e. The summed E-state index contributed by atoms with van der Waals surface area (Å²) in [7, 11) is 0. The third kappa shape index (κ3) is 3.81. The van der Waals surface area contributed by atoms with Crippen molar-refractivity contribution in [2.45, 2.75) is 13.8 Å². The van der Waals surface area contributed by atoms with Gasteiger partial charge in [-0.05, 0) is 49.8 Å². The van der Waals surface area contributed by atoms with Crippen LogP contribution in [0.4, 0.5) is 5.00 Å². The number of nitrogens with zero attached hydrogens (tertiary/aromatic N) is 1. The number of hydrogen-bond donors (Lipinski definition) is 2. The first kappa shape index (κ1) is 15.9. The van der Waals surface area contributed by atoms with Crippen LogP contribution >= 0.6 is 23.6 Å². The molecule has 0 aromatic carbocycles. The van der Waals surface area contributed by atoms with Crippen molar-refractivity contribution < 1.29 is 9.21 Å². The number of nitrogens with one attached hydrogen (secondary N) is 2. The summed E-state index contributed by atoms with van der Waals surface area (Å²) in [6.45, 7) is 3.81. The minimum atomic E-state index is -0.377. The normalized spacial score (nSPS) is 10.4. The van der Waals surface area contributed by atoms with Crippen LogP contribution in [0.5, 0.6) is 0 Å². The number of carbonyl (C=O) groups is 1. The lowest BCUT2D eigenvalue weighted by atomic mass is 10.2. The Morgan fingerprint density at radius 2 is 2.27 bits per heavy atom. The first-order chi connectivity index (χ1) is 10.5. The lowest BCUT2D eigenvalue weighted by Crippen LogP contribution is -2.32. The van der Waals surface area contributed by atoms with Gasteiger partial charge in [0.05, 0.1) is 11.8 Å². The molecule has 2 aromatic rings. The molecule has 5 nitrogen and oxygen atoms in total. The van der Waals surface area contributed by atoms with Crippen LogP contribution < -0.4 is 10.6 Å². The third-order valence-electron chi connectivity index (χ3n) is 2.90. The van der Waals surface area contributed by atoms with E-state index in [0.29, 0.717) is 16.3 Å². The minimum Gasteiger partial charge on any atom is -0.465 e. The molecular weight excluding hydrogens is 318 g/mol. The van der Waals surface area contributed by atoms with Gasteiger partial charge in [0, 0.05) is 11.0 Å². The first-order valence-electron chi connectivity index (χ1n) is 6.35. The van der Waals surface area contributed by atoms with Crippen molar-refractivity contribution in [1.82, 2.24) is 5.32 Å². The van der Waals surface area contributed by atoms with E-state index in [4.69, 9.17) is 21.9 Å². The van der Waals surface area contributed by atoms with Gasteiger partial charge < -0.3 is 9.73 Å². The second kappa shape index (κ2) is 7.02. The zero-order valence-corrected chi connectivity index (χ0v) is 13.6.